The normalized spacial score (nSPS) is 10.7. The number of aryl methyl sites for hydroxylation is 2. The number of benzene rings is 2. The average molecular weight is 419 g/mol. The summed E-state index contributed by atoms with van der Waals surface area (Å²) in [5, 5.41) is 4.59. The Morgan fingerprint density at radius 2 is 1.69 bits per heavy atom. The van der Waals surface area contributed by atoms with Gasteiger partial charge in [0, 0.05) is 5.69 Å². The van der Waals surface area contributed by atoms with Gasteiger partial charge in [0.2, 0.25) is 10.0 Å². The predicted octanol–water partition coefficient (Wildman–Crippen LogP) is 2.18. The van der Waals surface area contributed by atoms with Crippen LogP contribution < -0.4 is 15.4 Å². The zero-order valence-electron chi connectivity index (χ0n) is 16.1. The van der Waals surface area contributed by atoms with E-state index in [0.717, 1.165) is 17.4 Å². The van der Waals surface area contributed by atoms with Crippen LogP contribution in [0.3, 0.4) is 0 Å². The van der Waals surface area contributed by atoms with Crippen LogP contribution in [0.25, 0.3) is 0 Å². The van der Waals surface area contributed by atoms with Crippen molar-refractivity contribution >= 4 is 39.3 Å². The minimum atomic E-state index is -3.61. The number of sulfonamides is 1. The molecule has 2 aromatic rings. The van der Waals surface area contributed by atoms with E-state index in [1.165, 1.54) is 24.3 Å². The highest BCUT2D eigenvalue weighted by molar-refractivity contribution is 7.92. The summed E-state index contributed by atoms with van der Waals surface area (Å²) in [6, 6.07) is 10.4. The number of hydrogen-bond donors (Lipinski definition) is 3. The van der Waals surface area contributed by atoms with Gasteiger partial charge in [-0.15, -0.1) is 0 Å². The Bertz CT molecular complexity index is 1050. The lowest BCUT2D eigenvalue weighted by molar-refractivity contribution is -0.123. The van der Waals surface area contributed by atoms with E-state index in [0.29, 0.717) is 5.69 Å². The van der Waals surface area contributed by atoms with Crippen LogP contribution in [0.5, 0.6) is 0 Å². The largest absolute Gasteiger partial charge is 0.452 e. The number of esters is 1. The molecule has 0 bridgehead atoms. The Morgan fingerprint density at radius 1 is 1.00 bits per heavy atom. The number of rotatable bonds is 6. The second-order valence-electron chi connectivity index (χ2n) is 6.32. The van der Waals surface area contributed by atoms with Crippen LogP contribution in [0.4, 0.5) is 16.2 Å². The SMILES string of the molecule is Cc1ccc(NC(=O)NC(=O)COC(=O)c2ccccc2NS(C)(=O)=O)c(C)c1. The molecule has 0 saturated carbocycles. The molecule has 0 unspecified atom stereocenters. The fourth-order valence-electron chi connectivity index (χ4n) is 2.43. The minimum absolute atomic E-state index is 0.0213. The van der Waals surface area contributed by atoms with Crippen molar-refractivity contribution in [2.45, 2.75) is 13.8 Å². The first-order valence-corrected chi connectivity index (χ1v) is 10.4. The Balaban J connectivity index is 1.92. The van der Waals surface area contributed by atoms with E-state index in [-0.39, 0.29) is 11.3 Å². The van der Waals surface area contributed by atoms with E-state index in [1.807, 2.05) is 26.0 Å². The summed E-state index contributed by atoms with van der Waals surface area (Å²) in [7, 11) is -3.61. The molecule has 0 saturated heterocycles. The maximum absolute atomic E-state index is 12.2. The summed E-state index contributed by atoms with van der Waals surface area (Å²) in [6.45, 7) is 3.01. The van der Waals surface area contributed by atoms with Gasteiger partial charge in [-0.05, 0) is 37.6 Å². The van der Waals surface area contributed by atoms with Crippen LogP contribution in [0.2, 0.25) is 0 Å². The van der Waals surface area contributed by atoms with Crippen LogP contribution in [-0.4, -0.2) is 39.2 Å². The van der Waals surface area contributed by atoms with Crippen molar-refractivity contribution in [1.29, 1.82) is 0 Å². The lowest BCUT2D eigenvalue weighted by Crippen LogP contribution is -2.37. The molecule has 0 fully saturated rings. The standard InChI is InChI=1S/C19H21N3O6S/c1-12-8-9-15(13(2)10-12)20-19(25)21-17(23)11-28-18(24)14-6-4-5-7-16(14)22-29(3,26)27/h4-10,22H,11H2,1-3H3,(H2,20,21,23,25). The van der Waals surface area contributed by atoms with Crippen molar-refractivity contribution in [2.75, 3.05) is 22.9 Å². The first-order valence-electron chi connectivity index (χ1n) is 8.47. The van der Waals surface area contributed by atoms with Crippen molar-refractivity contribution in [2.24, 2.45) is 0 Å². The van der Waals surface area contributed by atoms with E-state index in [1.54, 1.807) is 6.07 Å². The maximum Gasteiger partial charge on any atom is 0.340 e. The molecule has 0 aliphatic carbocycles. The molecule has 3 N–H and O–H groups in total. The molecule has 0 atom stereocenters. The highest BCUT2D eigenvalue weighted by Crippen LogP contribution is 2.17. The third-order valence-corrected chi connectivity index (χ3v) is 4.25. The van der Waals surface area contributed by atoms with Crippen LogP contribution in [0.15, 0.2) is 42.5 Å². The molecule has 0 spiro atoms. The quantitative estimate of drug-likeness (QED) is 0.615. The minimum Gasteiger partial charge on any atom is -0.452 e. The van der Waals surface area contributed by atoms with Gasteiger partial charge in [0.1, 0.15) is 0 Å². The van der Waals surface area contributed by atoms with Gasteiger partial charge in [0.05, 0.1) is 17.5 Å². The van der Waals surface area contributed by atoms with Crippen LogP contribution >= 0.6 is 0 Å². The molecule has 0 aromatic heterocycles. The topological polar surface area (TPSA) is 131 Å². The smallest absolute Gasteiger partial charge is 0.340 e. The third kappa shape index (κ3) is 6.92. The predicted molar refractivity (Wildman–Crippen MR) is 108 cm³/mol. The van der Waals surface area contributed by atoms with Gasteiger partial charge in [-0.3, -0.25) is 14.8 Å². The Hall–Kier alpha value is -3.40. The first-order chi connectivity index (χ1) is 13.5. The molecule has 2 rings (SSSR count). The Kier molecular flexibility index (Phi) is 6.94. The lowest BCUT2D eigenvalue weighted by Gasteiger charge is -2.11. The van der Waals surface area contributed by atoms with E-state index in [9.17, 15) is 22.8 Å². The zero-order valence-corrected chi connectivity index (χ0v) is 16.9. The van der Waals surface area contributed by atoms with Crippen LogP contribution in [0.1, 0.15) is 21.5 Å². The second kappa shape index (κ2) is 9.20. The molecule has 2 aromatic carbocycles. The highest BCUT2D eigenvalue weighted by Gasteiger charge is 2.17. The van der Waals surface area contributed by atoms with Gasteiger partial charge >= 0.3 is 12.0 Å². The van der Waals surface area contributed by atoms with Crippen molar-refractivity contribution < 1.29 is 27.5 Å². The molecule has 10 heteroatoms. The fourth-order valence-corrected chi connectivity index (χ4v) is 3.01. The van der Waals surface area contributed by atoms with Crippen LogP contribution in [0, 0.1) is 13.8 Å². The number of nitrogens with one attached hydrogen (secondary N) is 3. The van der Waals surface area contributed by atoms with Gasteiger partial charge < -0.3 is 10.1 Å². The summed E-state index contributed by atoms with van der Waals surface area (Å²) in [6.07, 6.45) is 0.941. The number of hydrogen-bond acceptors (Lipinski definition) is 6. The molecular formula is C19H21N3O6S. The number of carbonyl (C=O) groups is 3. The second-order valence-corrected chi connectivity index (χ2v) is 8.07. The molecule has 0 heterocycles. The van der Waals surface area contributed by atoms with E-state index in [2.05, 4.69) is 15.4 Å². The number of ether oxygens (including phenoxy) is 1. The number of urea groups is 1. The molecule has 0 aliphatic heterocycles. The summed E-state index contributed by atoms with van der Waals surface area (Å²) < 4.78 is 29.8. The lowest BCUT2D eigenvalue weighted by atomic mass is 10.1. The Labute approximate surface area is 168 Å². The van der Waals surface area contributed by atoms with Crippen molar-refractivity contribution in [3.8, 4) is 0 Å². The number of para-hydroxylation sites is 1. The van der Waals surface area contributed by atoms with E-state index < -0.39 is 34.5 Å². The van der Waals surface area contributed by atoms with Crippen LogP contribution in [-0.2, 0) is 19.6 Å². The molecule has 29 heavy (non-hydrogen) atoms. The molecule has 0 aliphatic rings. The molecule has 9 nitrogen and oxygen atoms in total. The Morgan fingerprint density at radius 3 is 2.34 bits per heavy atom. The van der Waals surface area contributed by atoms with Crippen molar-refractivity contribution in [3.05, 3.63) is 59.2 Å². The van der Waals surface area contributed by atoms with Crippen molar-refractivity contribution in [3.63, 3.8) is 0 Å². The average Bonchev–Trinajstić information content (AvgIpc) is 2.61. The summed E-state index contributed by atoms with van der Waals surface area (Å²) >= 11 is 0. The van der Waals surface area contributed by atoms with E-state index in [4.69, 9.17) is 4.74 Å². The third-order valence-electron chi connectivity index (χ3n) is 3.66. The van der Waals surface area contributed by atoms with Gasteiger partial charge in [-0.1, -0.05) is 29.8 Å². The molecule has 154 valence electrons. The maximum atomic E-state index is 12.2. The van der Waals surface area contributed by atoms with Crippen molar-refractivity contribution in [1.82, 2.24) is 5.32 Å². The van der Waals surface area contributed by atoms with Gasteiger partial charge in [-0.2, -0.15) is 0 Å². The molecular weight excluding hydrogens is 398 g/mol. The number of imide groups is 1. The van der Waals surface area contributed by atoms with Gasteiger partial charge in [0.15, 0.2) is 6.61 Å². The fraction of sp³-hybridized carbons (Fsp3) is 0.211. The summed E-state index contributed by atoms with van der Waals surface area (Å²) in [5.41, 5.74) is 2.35. The van der Waals surface area contributed by atoms with Gasteiger partial charge in [-0.25, -0.2) is 18.0 Å². The number of amides is 3. The summed E-state index contributed by atoms with van der Waals surface area (Å²) in [4.78, 5) is 36.0. The van der Waals surface area contributed by atoms with E-state index >= 15 is 0 Å². The first kappa shape index (κ1) is 21.9. The zero-order chi connectivity index (χ0) is 21.6. The number of anilines is 2. The monoisotopic (exact) mass is 419 g/mol. The molecule has 0 radical (unpaired) electrons. The van der Waals surface area contributed by atoms with Gasteiger partial charge in [0.25, 0.3) is 5.91 Å². The highest BCUT2D eigenvalue weighted by atomic mass is 32.2. The molecule has 3 amide bonds. The summed E-state index contributed by atoms with van der Waals surface area (Å²) in [5.74, 6) is -1.75. The number of carbonyl (C=O) groups excluding carboxylic acids is 3.